The van der Waals surface area contributed by atoms with Gasteiger partial charge in [0.05, 0.1) is 6.42 Å². The lowest BCUT2D eigenvalue weighted by molar-refractivity contribution is -0.139. The van der Waals surface area contributed by atoms with Crippen molar-refractivity contribution in [1.29, 1.82) is 0 Å². The summed E-state index contributed by atoms with van der Waals surface area (Å²) in [4.78, 5) is 23.9. The van der Waals surface area contributed by atoms with Crippen molar-refractivity contribution < 1.29 is 14.7 Å². The first-order valence-corrected chi connectivity index (χ1v) is 5.97. The van der Waals surface area contributed by atoms with Crippen LogP contribution in [0.2, 0.25) is 0 Å². The summed E-state index contributed by atoms with van der Waals surface area (Å²) in [6.45, 7) is 4.98. The van der Waals surface area contributed by atoms with E-state index in [0.717, 1.165) is 13.0 Å². The Morgan fingerprint density at radius 2 is 1.82 bits per heavy atom. The number of carboxylic acid groups (broad SMARTS) is 1. The standard InChI is InChI=1S/C12H24N2O3/c1-9(2)7-10(8-14(3)4)13-11(15)5-6-12(16)17/h9-10H,5-8H2,1-4H3,(H,13,15)(H,16,17). The van der Waals surface area contributed by atoms with Crippen LogP contribution in [0.4, 0.5) is 0 Å². The molecule has 2 N–H and O–H groups in total. The maximum absolute atomic E-state index is 11.5. The largest absolute Gasteiger partial charge is 0.481 e. The number of nitrogens with one attached hydrogen (secondary N) is 1. The van der Waals surface area contributed by atoms with E-state index in [-0.39, 0.29) is 24.8 Å². The van der Waals surface area contributed by atoms with Crippen LogP contribution in [0.1, 0.15) is 33.1 Å². The number of likely N-dealkylation sites (N-methyl/N-ethyl adjacent to an activating group) is 1. The molecule has 0 aliphatic carbocycles. The van der Waals surface area contributed by atoms with Gasteiger partial charge in [0.25, 0.3) is 0 Å². The molecule has 0 aliphatic heterocycles. The second-order valence-electron chi connectivity index (χ2n) is 5.05. The van der Waals surface area contributed by atoms with Crippen molar-refractivity contribution in [3.8, 4) is 0 Å². The van der Waals surface area contributed by atoms with Gasteiger partial charge in [0, 0.05) is 19.0 Å². The number of hydrogen-bond acceptors (Lipinski definition) is 3. The van der Waals surface area contributed by atoms with Crippen LogP contribution >= 0.6 is 0 Å². The normalized spacial score (nSPS) is 12.8. The van der Waals surface area contributed by atoms with E-state index >= 15 is 0 Å². The molecule has 17 heavy (non-hydrogen) atoms. The SMILES string of the molecule is CC(C)CC(CN(C)C)NC(=O)CCC(=O)O. The molecule has 0 saturated carbocycles. The number of hydrogen-bond donors (Lipinski definition) is 2. The Bertz CT molecular complexity index is 242. The molecular weight excluding hydrogens is 220 g/mol. The Morgan fingerprint density at radius 1 is 1.24 bits per heavy atom. The minimum atomic E-state index is -0.937. The molecule has 0 bridgehead atoms. The Balaban J connectivity index is 4.12. The minimum absolute atomic E-state index is 0.0529. The molecule has 0 rings (SSSR count). The van der Waals surface area contributed by atoms with Crippen molar-refractivity contribution in [2.45, 2.75) is 39.2 Å². The molecule has 0 spiro atoms. The van der Waals surface area contributed by atoms with Gasteiger partial charge in [0.2, 0.25) is 5.91 Å². The fourth-order valence-corrected chi connectivity index (χ4v) is 1.71. The van der Waals surface area contributed by atoms with E-state index in [1.54, 1.807) is 0 Å². The van der Waals surface area contributed by atoms with Crippen molar-refractivity contribution in [3.63, 3.8) is 0 Å². The third kappa shape index (κ3) is 9.81. The lowest BCUT2D eigenvalue weighted by Gasteiger charge is -2.23. The van der Waals surface area contributed by atoms with Gasteiger partial charge in [0.1, 0.15) is 0 Å². The van der Waals surface area contributed by atoms with Gasteiger partial charge in [-0.3, -0.25) is 9.59 Å². The zero-order chi connectivity index (χ0) is 13.4. The predicted octanol–water partition coefficient (Wildman–Crippen LogP) is 0.944. The molecule has 0 aromatic carbocycles. The Morgan fingerprint density at radius 3 is 2.24 bits per heavy atom. The molecule has 1 atom stereocenters. The van der Waals surface area contributed by atoms with E-state index in [0.29, 0.717) is 5.92 Å². The average Bonchev–Trinajstić information content (AvgIpc) is 2.12. The molecular formula is C12H24N2O3. The molecule has 0 saturated heterocycles. The van der Waals surface area contributed by atoms with Crippen molar-refractivity contribution >= 4 is 11.9 Å². The van der Waals surface area contributed by atoms with Gasteiger partial charge in [0.15, 0.2) is 0 Å². The first-order valence-electron chi connectivity index (χ1n) is 5.97. The topological polar surface area (TPSA) is 69.6 Å². The van der Waals surface area contributed by atoms with E-state index in [9.17, 15) is 9.59 Å². The molecule has 100 valence electrons. The van der Waals surface area contributed by atoms with Crippen LogP contribution in [0.15, 0.2) is 0 Å². The summed E-state index contributed by atoms with van der Waals surface area (Å²) in [5.74, 6) is -0.618. The maximum atomic E-state index is 11.5. The number of rotatable bonds is 8. The van der Waals surface area contributed by atoms with E-state index in [4.69, 9.17) is 5.11 Å². The lowest BCUT2D eigenvalue weighted by atomic mass is 10.0. The Labute approximate surface area is 103 Å². The number of amides is 1. The van der Waals surface area contributed by atoms with E-state index < -0.39 is 5.97 Å². The van der Waals surface area contributed by atoms with Gasteiger partial charge in [-0.1, -0.05) is 13.8 Å². The first kappa shape index (κ1) is 15.9. The summed E-state index contributed by atoms with van der Waals surface area (Å²) in [5.41, 5.74) is 0. The van der Waals surface area contributed by atoms with E-state index in [2.05, 4.69) is 19.2 Å². The third-order valence-corrected chi connectivity index (χ3v) is 2.27. The number of carbonyl (C=O) groups excluding carboxylic acids is 1. The van der Waals surface area contributed by atoms with Crippen molar-refractivity contribution in [1.82, 2.24) is 10.2 Å². The van der Waals surface area contributed by atoms with Gasteiger partial charge in [-0.05, 0) is 26.4 Å². The van der Waals surface area contributed by atoms with Gasteiger partial charge >= 0.3 is 5.97 Å². The van der Waals surface area contributed by atoms with Crippen molar-refractivity contribution in [2.24, 2.45) is 5.92 Å². The van der Waals surface area contributed by atoms with E-state index in [1.807, 2.05) is 19.0 Å². The van der Waals surface area contributed by atoms with Crippen molar-refractivity contribution in [3.05, 3.63) is 0 Å². The second-order valence-corrected chi connectivity index (χ2v) is 5.05. The number of carboxylic acids is 1. The highest BCUT2D eigenvalue weighted by Crippen LogP contribution is 2.06. The summed E-state index contributed by atoms with van der Waals surface area (Å²) in [5, 5.41) is 11.4. The van der Waals surface area contributed by atoms with Gasteiger partial charge < -0.3 is 15.3 Å². The van der Waals surface area contributed by atoms with Crippen LogP contribution < -0.4 is 5.32 Å². The lowest BCUT2D eigenvalue weighted by Crippen LogP contribution is -2.42. The molecule has 0 fully saturated rings. The fourth-order valence-electron chi connectivity index (χ4n) is 1.71. The summed E-state index contributed by atoms with van der Waals surface area (Å²) >= 11 is 0. The van der Waals surface area contributed by atoms with Crippen LogP contribution in [-0.2, 0) is 9.59 Å². The summed E-state index contributed by atoms with van der Waals surface area (Å²) in [6.07, 6.45) is 0.844. The molecule has 0 radical (unpaired) electrons. The fraction of sp³-hybridized carbons (Fsp3) is 0.833. The summed E-state index contributed by atoms with van der Waals surface area (Å²) in [7, 11) is 3.91. The number of nitrogens with zero attached hydrogens (tertiary/aromatic N) is 1. The minimum Gasteiger partial charge on any atom is -0.481 e. The number of aliphatic carboxylic acids is 1. The molecule has 0 aromatic rings. The Hall–Kier alpha value is -1.10. The highest BCUT2D eigenvalue weighted by atomic mass is 16.4. The zero-order valence-electron chi connectivity index (χ0n) is 11.2. The smallest absolute Gasteiger partial charge is 0.303 e. The molecule has 0 aliphatic rings. The van der Waals surface area contributed by atoms with Crippen molar-refractivity contribution in [2.75, 3.05) is 20.6 Å². The van der Waals surface area contributed by atoms with Crippen LogP contribution in [0.3, 0.4) is 0 Å². The highest BCUT2D eigenvalue weighted by Gasteiger charge is 2.15. The Kier molecular flexibility index (Phi) is 7.54. The first-order chi connectivity index (χ1) is 7.81. The monoisotopic (exact) mass is 244 g/mol. The van der Waals surface area contributed by atoms with Gasteiger partial charge in [-0.15, -0.1) is 0 Å². The second kappa shape index (κ2) is 8.06. The quantitative estimate of drug-likeness (QED) is 0.667. The van der Waals surface area contributed by atoms with Gasteiger partial charge in [-0.25, -0.2) is 0 Å². The molecule has 5 nitrogen and oxygen atoms in total. The third-order valence-electron chi connectivity index (χ3n) is 2.27. The highest BCUT2D eigenvalue weighted by molar-refractivity contribution is 5.80. The van der Waals surface area contributed by atoms with E-state index in [1.165, 1.54) is 0 Å². The molecule has 0 heterocycles. The maximum Gasteiger partial charge on any atom is 0.303 e. The van der Waals surface area contributed by atoms with Crippen LogP contribution in [0.25, 0.3) is 0 Å². The van der Waals surface area contributed by atoms with Crippen LogP contribution in [0.5, 0.6) is 0 Å². The van der Waals surface area contributed by atoms with Gasteiger partial charge in [-0.2, -0.15) is 0 Å². The number of carbonyl (C=O) groups is 2. The molecule has 1 unspecified atom stereocenters. The zero-order valence-corrected chi connectivity index (χ0v) is 11.2. The molecule has 5 heteroatoms. The molecule has 1 amide bonds. The summed E-state index contributed by atoms with van der Waals surface area (Å²) < 4.78 is 0. The average molecular weight is 244 g/mol. The predicted molar refractivity (Wildman–Crippen MR) is 66.8 cm³/mol. The summed E-state index contributed by atoms with van der Waals surface area (Å²) in [6, 6.07) is 0.0892. The van der Waals surface area contributed by atoms with Crippen LogP contribution in [-0.4, -0.2) is 48.6 Å². The molecule has 0 aromatic heterocycles. The van der Waals surface area contributed by atoms with Crippen LogP contribution in [0, 0.1) is 5.92 Å².